The van der Waals surface area contributed by atoms with Crippen molar-refractivity contribution >= 4 is 5.97 Å². The second kappa shape index (κ2) is 9.00. The van der Waals surface area contributed by atoms with Crippen molar-refractivity contribution in [3.05, 3.63) is 41.5 Å². The van der Waals surface area contributed by atoms with Gasteiger partial charge >= 0.3 is 12.0 Å². The Labute approximate surface area is 197 Å². The smallest absolute Gasteiger partial charge is 0.316 e. The van der Waals surface area contributed by atoms with E-state index in [2.05, 4.69) is 20.3 Å². The predicted molar refractivity (Wildman–Crippen MR) is 121 cm³/mol. The van der Waals surface area contributed by atoms with Gasteiger partial charge in [0.1, 0.15) is 23.7 Å². The number of carbonyl (C=O) groups is 1. The van der Waals surface area contributed by atoms with Gasteiger partial charge in [0.05, 0.1) is 23.4 Å². The van der Waals surface area contributed by atoms with Crippen molar-refractivity contribution in [2.45, 2.75) is 52.2 Å². The van der Waals surface area contributed by atoms with Gasteiger partial charge < -0.3 is 14.6 Å². The number of carboxylic acids is 1. The Balaban J connectivity index is 1.29. The lowest BCUT2D eigenvalue weighted by Gasteiger charge is -2.18. The molecule has 2 saturated carbocycles. The van der Waals surface area contributed by atoms with E-state index in [9.17, 15) is 9.90 Å². The van der Waals surface area contributed by atoms with E-state index in [1.807, 2.05) is 32.0 Å². The van der Waals surface area contributed by atoms with E-state index in [4.69, 9.17) is 14.5 Å². The molecule has 3 aromatic heterocycles. The molecule has 0 unspecified atom stereocenters. The van der Waals surface area contributed by atoms with Crippen molar-refractivity contribution in [3.8, 4) is 23.1 Å². The third-order valence-corrected chi connectivity index (χ3v) is 7.02. The maximum absolute atomic E-state index is 11.5. The number of aliphatic carboxylic acids is 1. The second-order valence-corrected chi connectivity index (χ2v) is 9.21. The highest BCUT2D eigenvalue weighted by molar-refractivity contribution is 5.71. The summed E-state index contributed by atoms with van der Waals surface area (Å²) in [6.45, 7) is 3.99. The van der Waals surface area contributed by atoms with Crippen LogP contribution >= 0.6 is 0 Å². The number of hydrogen-bond donors (Lipinski definition) is 1. The van der Waals surface area contributed by atoms with Crippen LogP contribution in [0.2, 0.25) is 0 Å². The summed E-state index contributed by atoms with van der Waals surface area (Å²) in [5.74, 6) is 0.471. The molecule has 1 N–H and O–H groups in total. The summed E-state index contributed by atoms with van der Waals surface area (Å²) in [6, 6.07) is 5.88. The second-order valence-electron chi connectivity index (χ2n) is 9.21. The van der Waals surface area contributed by atoms with Crippen molar-refractivity contribution in [2.75, 3.05) is 0 Å². The van der Waals surface area contributed by atoms with Crippen LogP contribution in [0.4, 0.5) is 0 Å². The molecule has 5 rings (SSSR count). The van der Waals surface area contributed by atoms with Crippen LogP contribution < -0.4 is 9.47 Å². The SMILES string of the molecule is Cc1ccnc(OCc2c(-c3ccc(O[C@@H]4C[C@@H]5CC[C@@H](C(=O)O)[C@@H]5C4)c(C)n3)nnn2C)n1. The first-order valence-corrected chi connectivity index (χ1v) is 11.6. The molecule has 0 bridgehead atoms. The first-order chi connectivity index (χ1) is 16.4. The molecule has 0 aromatic carbocycles. The van der Waals surface area contributed by atoms with Gasteiger partial charge in [0.25, 0.3) is 0 Å². The molecule has 2 aliphatic rings. The average molecular weight is 465 g/mol. The number of fused-ring (bicyclic) bond motifs is 1. The van der Waals surface area contributed by atoms with E-state index >= 15 is 0 Å². The van der Waals surface area contributed by atoms with Crippen molar-refractivity contribution in [2.24, 2.45) is 24.8 Å². The van der Waals surface area contributed by atoms with E-state index in [1.165, 1.54) is 0 Å². The molecule has 0 amide bonds. The van der Waals surface area contributed by atoms with Gasteiger partial charge in [-0.05, 0) is 69.6 Å². The van der Waals surface area contributed by atoms with Gasteiger partial charge in [-0.25, -0.2) is 19.6 Å². The minimum atomic E-state index is -0.673. The van der Waals surface area contributed by atoms with Gasteiger partial charge in [-0.3, -0.25) is 4.79 Å². The van der Waals surface area contributed by atoms with E-state index in [0.29, 0.717) is 23.3 Å². The highest BCUT2D eigenvalue weighted by atomic mass is 16.5. The van der Waals surface area contributed by atoms with Gasteiger partial charge in [0, 0.05) is 18.9 Å². The highest BCUT2D eigenvalue weighted by Gasteiger charge is 2.47. The molecule has 0 aliphatic heterocycles. The highest BCUT2D eigenvalue weighted by Crippen LogP contribution is 2.48. The Kier molecular flexibility index (Phi) is 5.89. The predicted octanol–water partition coefficient (Wildman–Crippen LogP) is 3.13. The average Bonchev–Trinajstić information content (AvgIpc) is 3.48. The van der Waals surface area contributed by atoms with E-state index in [1.54, 1.807) is 17.9 Å². The molecule has 10 nitrogen and oxygen atoms in total. The van der Waals surface area contributed by atoms with Gasteiger partial charge in [-0.2, -0.15) is 0 Å². The van der Waals surface area contributed by atoms with Gasteiger partial charge in [-0.1, -0.05) is 5.21 Å². The minimum Gasteiger partial charge on any atom is -0.489 e. The molecule has 2 fully saturated rings. The molecule has 34 heavy (non-hydrogen) atoms. The van der Waals surface area contributed by atoms with Crippen LogP contribution in [0.1, 0.15) is 42.8 Å². The summed E-state index contributed by atoms with van der Waals surface area (Å²) in [6.07, 6.45) is 5.13. The summed E-state index contributed by atoms with van der Waals surface area (Å²) in [4.78, 5) is 24.6. The molecule has 3 heterocycles. The minimum absolute atomic E-state index is 0.0262. The van der Waals surface area contributed by atoms with Crippen LogP contribution in [0.15, 0.2) is 24.4 Å². The molecule has 0 saturated heterocycles. The van der Waals surface area contributed by atoms with Crippen LogP contribution in [0.5, 0.6) is 11.8 Å². The molecule has 0 radical (unpaired) electrons. The molecule has 2 aliphatic carbocycles. The summed E-state index contributed by atoms with van der Waals surface area (Å²) >= 11 is 0. The molecule has 3 aromatic rings. The van der Waals surface area contributed by atoms with E-state index in [0.717, 1.165) is 48.5 Å². The van der Waals surface area contributed by atoms with Crippen molar-refractivity contribution in [1.29, 1.82) is 0 Å². The maximum Gasteiger partial charge on any atom is 0.316 e. The zero-order chi connectivity index (χ0) is 23.8. The Morgan fingerprint density at radius 1 is 1.18 bits per heavy atom. The van der Waals surface area contributed by atoms with Crippen molar-refractivity contribution in [3.63, 3.8) is 0 Å². The molecule has 0 spiro atoms. The van der Waals surface area contributed by atoms with Crippen LogP contribution in [-0.4, -0.2) is 47.1 Å². The number of hydrogen-bond acceptors (Lipinski definition) is 8. The first-order valence-electron chi connectivity index (χ1n) is 11.6. The quantitative estimate of drug-likeness (QED) is 0.561. The zero-order valence-corrected chi connectivity index (χ0v) is 19.5. The van der Waals surface area contributed by atoms with Crippen LogP contribution in [-0.2, 0) is 18.4 Å². The van der Waals surface area contributed by atoms with Crippen molar-refractivity contribution in [1.82, 2.24) is 29.9 Å². The molecule has 10 heteroatoms. The summed E-state index contributed by atoms with van der Waals surface area (Å²) < 4.78 is 13.7. The first kappa shape index (κ1) is 22.2. The lowest BCUT2D eigenvalue weighted by atomic mass is 9.92. The summed E-state index contributed by atoms with van der Waals surface area (Å²) in [5, 5.41) is 17.9. The van der Waals surface area contributed by atoms with E-state index in [-0.39, 0.29) is 24.5 Å². The Hall–Kier alpha value is -3.56. The fourth-order valence-electron chi connectivity index (χ4n) is 5.29. The lowest BCUT2D eigenvalue weighted by Crippen LogP contribution is -2.21. The zero-order valence-electron chi connectivity index (χ0n) is 19.5. The normalized spacial score (nSPS) is 23.6. The molecular formula is C24H28N6O4. The van der Waals surface area contributed by atoms with Crippen LogP contribution in [0.25, 0.3) is 11.4 Å². The van der Waals surface area contributed by atoms with Crippen molar-refractivity contribution < 1.29 is 19.4 Å². The molecule has 4 atom stereocenters. The third kappa shape index (κ3) is 4.32. The van der Waals surface area contributed by atoms with Gasteiger partial charge in [0.15, 0.2) is 0 Å². The van der Waals surface area contributed by atoms with E-state index < -0.39 is 5.97 Å². The summed E-state index contributed by atoms with van der Waals surface area (Å²) in [5.41, 5.74) is 3.64. The molecular weight excluding hydrogens is 436 g/mol. The van der Waals surface area contributed by atoms with Gasteiger partial charge in [0.2, 0.25) is 0 Å². The fourth-order valence-corrected chi connectivity index (χ4v) is 5.29. The Bertz CT molecular complexity index is 1210. The lowest BCUT2D eigenvalue weighted by molar-refractivity contribution is -0.143. The van der Waals surface area contributed by atoms with Gasteiger partial charge in [-0.15, -0.1) is 5.10 Å². The number of pyridine rings is 1. The van der Waals surface area contributed by atoms with Crippen LogP contribution in [0.3, 0.4) is 0 Å². The topological polar surface area (TPSA) is 125 Å². The Morgan fingerprint density at radius 3 is 2.79 bits per heavy atom. The fraction of sp³-hybridized carbons (Fsp3) is 0.500. The van der Waals surface area contributed by atoms with Crippen LogP contribution in [0, 0.1) is 31.6 Å². The standard InChI is InChI=1S/C24H28N6O4/c1-13-8-9-25-24(26-13)33-12-20-22(28-29-30(20)3)19-6-7-21(14(2)27-19)34-16-10-15-4-5-17(23(31)32)18(15)11-16/h6-9,15-18H,4-5,10-12H2,1-3H3,(H,31,32)/t15-,16+,17+,18+/m0/s1. The monoisotopic (exact) mass is 464 g/mol. The maximum atomic E-state index is 11.5. The Morgan fingerprint density at radius 2 is 2.03 bits per heavy atom. The number of aryl methyl sites for hydroxylation is 3. The number of aromatic nitrogens is 6. The summed E-state index contributed by atoms with van der Waals surface area (Å²) in [7, 11) is 1.80. The number of nitrogens with zero attached hydrogens (tertiary/aromatic N) is 6. The largest absolute Gasteiger partial charge is 0.489 e. The third-order valence-electron chi connectivity index (χ3n) is 7.02. The number of carboxylic acid groups (broad SMARTS) is 1. The molecule has 178 valence electrons. The number of rotatable bonds is 7. The number of ether oxygens (including phenoxy) is 2.